The van der Waals surface area contributed by atoms with Gasteiger partial charge in [0.25, 0.3) is 0 Å². The highest BCUT2D eigenvalue weighted by molar-refractivity contribution is 6.76. The van der Waals surface area contributed by atoms with E-state index in [0.29, 0.717) is 6.73 Å². The highest BCUT2D eigenvalue weighted by atomic mass is 28.3. The van der Waals surface area contributed by atoms with E-state index < -0.39 is 8.07 Å². The van der Waals surface area contributed by atoms with Gasteiger partial charge in [0.2, 0.25) is 0 Å². The molecule has 5 heterocycles. The van der Waals surface area contributed by atoms with Gasteiger partial charge in [0.05, 0.1) is 11.1 Å². The maximum absolute atomic E-state index is 6.17. The molecular weight excluding hydrogens is 454 g/mol. The van der Waals surface area contributed by atoms with Crippen LogP contribution in [0.15, 0.2) is 23.0 Å². The first-order valence-corrected chi connectivity index (χ1v) is 17.0. The van der Waals surface area contributed by atoms with Gasteiger partial charge in [-0.25, -0.2) is 4.98 Å². The van der Waals surface area contributed by atoms with Gasteiger partial charge < -0.3 is 24.0 Å². The first-order valence-electron chi connectivity index (χ1n) is 13.3. The van der Waals surface area contributed by atoms with E-state index in [9.17, 15) is 0 Å². The molecule has 190 valence electrons. The molecule has 0 radical (unpaired) electrons. The molecule has 8 heteroatoms. The number of hydrogen-bond donors (Lipinski definition) is 1. The van der Waals surface area contributed by atoms with Crippen LogP contribution in [0.2, 0.25) is 25.7 Å². The first-order chi connectivity index (χ1) is 16.8. The molecule has 2 aliphatic rings. The second-order valence-corrected chi connectivity index (χ2v) is 17.4. The highest BCUT2D eigenvalue weighted by Gasteiger charge is 2.37. The van der Waals surface area contributed by atoms with E-state index in [4.69, 9.17) is 14.2 Å². The Morgan fingerprint density at radius 1 is 1.17 bits per heavy atom. The van der Waals surface area contributed by atoms with Gasteiger partial charge >= 0.3 is 0 Å². The Kier molecular flexibility index (Phi) is 6.80. The van der Waals surface area contributed by atoms with Crippen molar-refractivity contribution in [3.63, 3.8) is 0 Å². The SMILES string of the molecule is Cc1noc(C)c1-c1cn(COCC[Si](C)(C)C)c2nccc(N3CCCC4(CCCCN4)C3)c12. The fourth-order valence-electron chi connectivity index (χ4n) is 5.87. The lowest BCUT2D eigenvalue weighted by molar-refractivity contribution is 0.0899. The minimum atomic E-state index is -1.14. The van der Waals surface area contributed by atoms with Crippen LogP contribution in [-0.4, -0.2) is 54.6 Å². The molecule has 2 fully saturated rings. The third-order valence-electron chi connectivity index (χ3n) is 7.76. The number of aryl methyl sites for hydroxylation is 2. The zero-order valence-electron chi connectivity index (χ0n) is 22.1. The van der Waals surface area contributed by atoms with Crippen LogP contribution in [0.5, 0.6) is 0 Å². The molecule has 1 atom stereocenters. The normalized spacial score (nSPS) is 21.3. The summed E-state index contributed by atoms with van der Waals surface area (Å²) in [6.07, 6.45) is 10.5. The molecule has 2 aliphatic heterocycles. The lowest BCUT2D eigenvalue weighted by Crippen LogP contribution is -2.59. The molecule has 1 N–H and O–H groups in total. The van der Waals surface area contributed by atoms with Crippen molar-refractivity contribution in [1.82, 2.24) is 20.0 Å². The average molecular weight is 496 g/mol. The Hall–Kier alpha value is -2.16. The molecule has 0 aliphatic carbocycles. The zero-order valence-corrected chi connectivity index (χ0v) is 23.1. The number of pyridine rings is 1. The fraction of sp³-hybridized carbons (Fsp3) is 0.630. The second kappa shape index (κ2) is 9.71. The van der Waals surface area contributed by atoms with Crippen molar-refractivity contribution in [2.45, 2.75) is 83.9 Å². The molecule has 5 rings (SSSR count). The van der Waals surface area contributed by atoms with E-state index in [0.717, 1.165) is 60.5 Å². The molecule has 3 aromatic heterocycles. The molecule has 0 amide bonds. The van der Waals surface area contributed by atoms with Crippen LogP contribution >= 0.6 is 0 Å². The Labute approximate surface area is 210 Å². The summed E-state index contributed by atoms with van der Waals surface area (Å²) >= 11 is 0. The summed E-state index contributed by atoms with van der Waals surface area (Å²) in [4.78, 5) is 7.44. The summed E-state index contributed by atoms with van der Waals surface area (Å²) in [5, 5.41) is 9.34. The number of aromatic nitrogens is 3. The Morgan fingerprint density at radius 3 is 2.71 bits per heavy atom. The number of rotatable bonds is 7. The van der Waals surface area contributed by atoms with Gasteiger partial charge in [-0.05, 0) is 58.2 Å². The van der Waals surface area contributed by atoms with Gasteiger partial charge in [0.15, 0.2) is 0 Å². The molecule has 7 nitrogen and oxygen atoms in total. The summed E-state index contributed by atoms with van der Waals surface area (Å²) in [7, 11) is -1.14. The number of ether oxygens (including phenoxy) is 1. The maximum Gasteiger partial charge on any atom is 0.144 e. The molecule has 0 saturated carbocycles. The molecule has 0 bridgehead atoms. The number of fused-ring (bicyclic) bond motifs is 1. The van der Waals surface area contributed by atoms with Crippen molar-refractivity contribution < 1.29 is 9.26 Å². The third kappa shape index (κ3) is 5.06. The molecule has 3 aromatic rings. The van der Waals surface area contributed by atoms with E-state index in [-0.39, 0.29) is 5.54 Å². The monoisotopic (exact) mass is 495 g/mol. The van der Waals surface area contributed by atoms with Crippen LogP contribution in [0, 0.1) is 13.8 Å². The van der Waals surface area contributed by atoms with Crippen LogP contribution < -0.4 is 10.2 Å². The second-order valence-electron chi connectivity index (χ2n) is 11.8. The van der Waals surface area contributed by atoms with Crippen LogP contribution in [0.1, 0.15) is 43.6 Å². The van der Waals surface area contributed by atoms with Gasteiger partial charge in [0, 0.05) is 62.5 Å². The van der Waals surface area contributed by atoms with Crippen molar-refractivity contribution in [3.05, 3.63) is 29.9 Å². The van der Waals surface area contributed by atoms with Crippen molar-refractivity contribution >= 4 is 24.8 Å². The molecule has 0 aromatic carbocycles. The number of anilines is 1. The van der Waals surface area contributed by atoms with E-state index in [2.05, 4.69) is 51.8 Å². The van der Waals surface area contributed by atoms with Crippen molar-refractivity contribution in [2.75, 3.05) is 31.1 Å². The predicted octanol–water partition coefficient (Wildman–Crippen LogP) is 5.73. The Morgan fingerprint density at radius 2 is 2.00 bits per heavy atom. The summed E-state index contributed by atoms with van der Waals surface area (Å²) < 4.78 is 13.9. The van der Waals surface area contributed by atoms with Gasteiger partial charge in [-0.1, -0.05) is 31.2 Å². The molecule has 1 spiro atoms. The van der Waals surface area contributed by atoms with Crippen LogP contribution in [0.4, 0.5) is 5.69 Å². The summed E-state index contributed by atoms with van der Waals surface area (Å²) in [5.41, 5.74) is 5.61. The van der Waals surface area contributed by atoms with Crippen molar-refractivity contribution in [3.8, 4) is 11.1 Å². The molecule has 1 unspecified atom stereocenters. The van der Waals surface area contributed by atoms with Crippen LogP contribution in [0.25, 0.3) is 22.2 Å². The largest absolute Gasteiger partial charge is 0.369 e. The predicted molar refractivity (Wildman–Crippen MR) is 145 cm³/mol. The lowest BCUT2D eigenvalue weighted by Gasteiger charge is -2.47. The fourth-order valence-corrected chi connectivity index (χ4v) is 6.63. The van der Waals surface area contributed by atoms with E-state index >= 15 is 0 Å². The number of nitrogens with zero attached hydrogens (tertiary/aromatic N) is 4. The minimum absolute atomic E-state index is 0.234. The highest BCUT2D eigenvalue weighted by Crippen LogP contribution is 2.41. The smallest absolute Gasteiger partial charge is 0.144 e. The summed E-state index contributed by atoms with van der Waals surface area (Å²) in [6, 6.07) is 3.35. The van der Waals surface area contributed by atoms with Gasteiger partial charge in [-0.15, -0.1) is 0 Å². The summed E-state index contributed by atoms with van der Waals surface area (Å²) in [5.74, 6) is 0.847. The number of nitrogens with one attached hydrogen (secondary N) is 1. The third-order valence-corrected chi connectivity index (χ3v) is 9.47. The molecule has 2 saturated heterocycles. The standard InChI is InChI=1S/C27H41N5O2Si/c1-20-24(21(2)34-30-20)22-17-32(19-33-15-16-35(3,4)5)26-25(22)23(9-13-28-26)31-14-8-11-27(18-31)10-6-7-12-29-27/h9,13,17,29H,6-8,10-12,14-16,18-19H2,1-5H3. The number of piperidine rings is 2. The van der Waals surface area contributed by atoms with Gasteiger partial charge in [-0.3, -0.25) is 0 Å². The van der Waals surface area contributed by atoms with Crippen LogP contribution in [0.3, 0.4) is 0 Å². The topological polar surface area (TPSA) is 68.3 Å². The number of hydrogen-bond acceptors (Lipinski definition) is 6. The zero-order chi connectivity index (χ0) is 24.6. The lowest BCUT2D eigenvalue weighted by atomic mass is 9.81. The Bertz CT molecular complexity index is 1150. The summed E-state index contributed by atoms with van der Waals surface area (Å²) in [6.45, 7) is 15.7. The van der Waals surface area contributed by atoms with Crippen molar-refractivity contribution in [2.24, 2.45) is 0 Å². The van der Waals surface area contributed by atoms with Crippen LogP contribution in [-0.2, 0) is 11.5 Å². The van der Waals surface area contributed by atoms with E-state index in [1.54, 1.807) is 0 Å². The first kappa shape index (κ1) is 24.5. The average Bonchev–Trinajstić information content (AvgIpc) is 3.35. The molecular formula is C27H41N5O2Si. The van der Waals surface area contributed by atoms with Gasteiger partial charge in [-0.2, -0.15) is 0 Å². The van der Waals surface area contributed by atoms with E-state index in [1.807, 2.05) is 20.0 Å². The maximum atomic E-state index is 6.17. The van der Waals surface area contributed by atoms with Crippen molar-refractivity contribution in [1.29, 1.82) is 0 Å². The Balaban J connectivity index is 1.54. The minimum Gasteiger partial charge on any atom is -0.369 e. The van der Waals surface area contributed by atoms with Gasteiger partial charge in [0.1, 0.15) is 18.1 Å². The quantitative estimate of drug-likeness (QED) is 0.333. The molecule has 35 heavy (non-hydrogen) atoms. The van der Waals surface area contributed by atoms with E-state index in [1.165, 1.54) is 43.2 Å².